The van der Waals surface area contributed by atoms with Crippen molar-refractivity contribution in [3.8, 4) is 0 Å². The molecule has 0 radical (unpaired) electrons. The van der Waals surface area contributed by atoms with Crippen molar-refractivity contribution in [3.05, 3.63) is 59.9 Å². The van der Waals surface area contributed by atoms with E-state index in [9.17, 15) is 0 Å². The van der Waals surface area contributed by atoms with E-state index in [4.69, 9.17) is 5.73 Å². The quantitative estimate of drug-likeness (QED) is 0.727. The molecular formula is C16H17N3. The van der Waals surface area contributed by atoms with Crippen molar-refractivity contribution in [2.75, 3.05) is 5.73 Å². The van der Waals surface area contributed by atoms with E-state index in [2.05, 4.69) is 40.7 Å². The maximum atomic E-state index is 5.77. The first kappa shape index (κ1) is 11.8. The molecule has 0 amide bonds. The van der Waals surface area contributed by atoms with Crippen LogP contribution in [0.4, 0.5) is 5.69 Å². The summed E-state index contributed by atoms with van der Waals surface area (Å²) in [5.41, 5.74) is 11.3. The number of aryl methyl sites for hydroxylation is 3. The van der Waals surface area contributed by atoms with Gasteiger partial charge < -0.3 is 10.3 Å². The SMILES string of the molecule is Cc1cccc(CCn2cnc3cc(N)ccc32)c1. The summed E-state index contributed by atoms with van der Waals surface area (Å²) in [6.45, 7) is 3.06. The molecule has 2 N–H and O–H groups in total. The highest BCUT2D eigenvalue weighted by atomic mass is 15.0. The molecule has 0 saturated heterocycles. The number of rotatable bonds is 3. The molecule has 3 nitrogen and oxygen atoms in total. The number of benzene rings is 2. The Bertz CT molecular complexity index is 713. The molecule has 3 rings (SSSR count). The molecule has 0 fully saturated rings. The maximum absolute atomic E-state index is 5.77. The average Bonchev–Trinajstić information content (AvgIpc) is 2.78. The number of aromatic nitrogens is 2. The number of hydrogen-bond donors (Lipinski definition) is 1. The molecule has 0 aliphatic rings. The van der Waals surface area contributed by atoms with Gasteiger partial charge in [0.15, 0.2) is 0 Å². The van der Waals surface area contributed by atoms with Crippen molar-refractivity contribution in [2.45, 2.75) is 19.9 Å². The summed E-state index contributed by atoms with van der Waals surface area (Å²) in [4.78, 5) is 4.39. The topological polar surface area (TPSA) is 43.8 Å². The van der Waals surface area contributed by atoms with Gasteiger partial charge in [-0.05, 0) is 37.1 Å². The van der Waals surface area contributed by atoms with Crippen LogP contribution in [0.3, 0.4) is 0 Å². The van der Waals surface area contributed by atoms with Crippen LogP contribution in [0.15, 0.2) is 48.8 Å². The average molecular weight is 251 g/mol. The zero-order valence-electron chi connectivity index (χ0n) is 11.0. The molecule has 1 heterocycles. The van der Waals surface area contributed by atoms with E-state index in [0.29, 0.717) is 0 Å². The van der Waals surface area contributed by atoms with Crippen LogP contribution in [0.25, 0.3) is 11.0 Å². The first-order valence-electron chi connectivity index (χ1n) is 6.48. The number of fused-ring (bicyclic) bond motifs is 1. The van der Waals surface area contributed by atoms with Gasteiger partial charge in [0.2, 0.25) is 0 Å². The third-order valence-electron chi connectivity index (χ3n) is 3.37. The van der Waals surface area contributed by atoms with E-state index in [1.165, 1.54) is 11.1 Å². The lowest BCUT2D eigenvalue weighted by Crippen LogP contribution is -2.00. The molecule has 0 saturated carbocycles. The monoisotopic (exact) mass is 251 g/mol. The van der Waals surface area contributed by atoms with Gasteiger partial charge in [-0.3, -0.25) is 0 Å². The van der Waals surface area contributed by atoms with Crippen molar-refractivity contribution in [3.63, 3.8) is 0 Å². The summed E-state index contributed by atoms with van der Waals surface area (Å²) in [5, 5.41) is 0. The number of anilines is 1. The second-order valence-electron chi connectivity index (χ2n) is 4.93. The largest absolute Gasteiger partial charge is 0.399 e. The fourth-order valence-electron chi connectivity index (χ4n) is 2.38. The number of nitrogens with zero attached hydrogens (tertiary/aromatic N) is 2. The number of hydrogen-bond acceptors (Lipinski definition) is 2. The van der Waals surface area contributed by atoms with Crippen LogP contribution in [-0.4, -0.2) is 9.55 Å². The Hall–Kier alpha value is -2.29. The highest BCUT2D eigenvalue weighted by Crippen LogP contribution is 2.16. The fourth-order valence-corrected chi connectivity index (χ4v) is 2.38. The third-order valence-corrected chi connectivity index (χ3v) is 3.37. The number of nitrogen functional groups attached to an aromatic ring is 1. The predicted molar refractivity (Wildman–Crippen MR) is 79.0 cm³/mol. The highest BCUT2D eigenvalue weighted by Gasteiger charge is 2.03. The van der Waals surface area contributed by atoms with Crippen molar-refractivity contribution in [1.82, 2.24) is 9.55 Å². The van der Waals surface area contributed by atoms with Gasteiger partial charge in [0.25, 0.3) is 0 Å². The summed E-state index contributed by atoms with van der Waals surface area (Å²) in [5.74, 6) is 0. The molecule has 19 heavy (non-hydrogen) atoms. The molecule has 96 valence electrons. The highest BCUT2D eigenvalue weighted by molar-refractivity contribution is 5.78. The van der Waals surface area contributed by atoms with Gasteiger partial charge >= 0.3 is 0 Å². The minimum Gasteiger partial charge on any atom is -0.399 e. The lowest BCUT2D eigenvalue weighted by Gasteiger charge is -2.05. The minimum atomic E-state index is 0.761. The molecule has 0 bridgehead atoms. The van der Waals surface area contributed by atoms with Gasteiger partial charge in [-0.25, -0.2) is 4.98 Å². The van der Waals surface area contributed by atoms with Crippen molar-refractivity contribution in [2.24, 2.45) is 0 Å². The van der Waals surface area contributed by atoms with Crippen molar-refractivity contribution < 1.29 is 0 Å². The second-order valence-corrected chi connectivity index (χ2v) is 4.93. The van der Waals surface area contributed by atoms with Crippen molar-refractivity contribution in [1.29, 1.82) is 0 Å². The van der Waals surface area contributed by atoms with Crippen LogP contribution in [0, 0.1) is 6.92 Å². The Labute approximate surface area is 112 Å². The van der Waals surface area contributed by atoms with E-state index in [1.54, 1.807) is 0 Å². The molecule has 1 aromatic heterocycles. The Morgan fingerprint density at radius 1 is 1.16 bits per heavy atom. The normalized spacial score (nSPS) is 11.0. The van der Waals surface area contributed by atoms with Gasteiger partial charge in [0.05, 0.1) is 17.4 Å². The molecule has 0 atom stereocenters. The Kier molecular flexibility index (Phi) is 2.95. The molecule has 0 aliphatic heterocycles. The van der Waals surface area contributed by atoms with Crippen molar-refractivity contribution >= 4 is 16.7 Å². The first-order chi connectivity index (χ1) is 9.22. The van der Waals surface area contributed by atoms with Crippen LogP contribution < -0.4 is 5.73 Å². The third kappa shape index (κ3) is 2.45. The summed E-state index contributed by atoms with van der Waals surface area (Å²) < 4.78 is 2.18. The minimum absolute atomic E-state index is 0.761. The molecule has 2 aromatic carbocycles. The van der Waals surface area contributed by atoms with Gasteiger partial charge in [-0.1, -0.05) is 29.8 Å². The second kappa shape index (κ2) is 4.76. The smallest absolute Gasteiger partial charge is 0.0958 e. The van der Waals surface area contributed by atoms with E-state index in [-0.39, 0.29) is 0 Å². The van der Waals surface area contributed by atoms with Crippen LogP contribution in [0.5, 0.6) is 0 Å². The van der Waals surface area contributed by atoms with Gasteiger partial charge in [0, 0.05) is 12.2 Å². The molecular weight excluding hydrogens is 234 g/mol. The zero-order valence-corrected chi connectivity index (χ0v) is 11.0. The zero-order chi connectivity index (χ0) is 13.2. The maximum Gasteiger partial charge on any atom is 0.0958 e. The van der Waals surface area contributed by atoms with Crippen LogP contribution in [0.2, 0.25) is 0 Å². The Morgan fingerprint density at radius 3 is 2.89 bits per heavy atom. The van der Waals surface area contributed by atoms with Crippen LogP contribution in [-0.2, 0) is 13.0 Å². The molecule has 0 unspecified atom stereocenters. The van der Waals surface area contributed by atoms with E-state index in [1.807, 2.05) is 24.5 Å². The van der Waals surface area contributed by atoms with E-state index in [0.717, 1.165) is 29.7 Å². The summed E-state index contributed by atoms with van der Waals surface area (Å²) >= 11 is 0. The van der Waals surface area contributed by atoms with Gasteiger partial charge in [-0.2, -0.15) is 0 Å². The van der Waals surface area contributed by atoms with Crippen LogP contribution in [0.1, 0.15) is 11.1 Å². The molecule has 3 heteroatoms. The summed E-state index contributed by atoms with van der Waals surface area (Å²) in [7, 11) is 0. The van der Waals surface area contributed by atoms with Crippen LogP contribution >= 0.6 is 0 Å². The fraction of sp³-hybridized carbons (Fsp3) is 0.188. The lowest BCUT2D eigenvalue weighted by molar-refractivity contribution is 0.715. The summed E-state index contributed by atoms with van der Waals surface area (Å²) in [6.07, 6.45) is 2.90. The lowest BCUT2D eigenvalue weighted by atomic mass is 10.1. The van der Waals surface area contributed by atoms with Gasteiger partial charge in [0.1, 0.15) is 0 Å². The molecule has 0 spiro atoms. The number of nitrogens with two attached hydrogens (primary N) is 1. The predicted octanol–water partition coefficient (Wildman–Crippen LogP) is 3.17. The number of imidazole rings is 1. The Morgan fingerprint density at radius 2 is 2.05 bits per heavy atom. The molecule has 0 aliphatic carbocycles. The standard InChI is InChI=1S/C16H17N3/c1-12-3-2-4-13(9-12)7-8-19-11-18-15-10-14(17)5-6-16(15)19/h2-6,9-11H,7-8,17H2,1H3. The van der Waals surface area contributed by atoms with E-state index < -0.39 is 0 Å². The molecule has 3 aromatic rings. The Balaban J connectivity index is 1.82. The van der Waals surface area contributed by atoms with E-state index >= 15 is 0 Å². The first-order valence-corrected chi connectivity index (χ1v) is 6.48. The van der Waals surface area contributed by atoms with Gasteiger partial charge in [-0.15, -0.1) is 0 Å². The summed E-state index contributed by atoms with van der Waals surface area (Å²) in [6, 6.07) is 14.5.